The van der Waals surface area contributed by atoms with Crippen LogP contribution in [0.5, 0.6) is 5.75 Å². The Morgan fingerprint density at radius 1 is 1.15 bits per heavy atom. The fraction of sp³-hybridized carbons (Fsp3) is 0.739. The highest BCUT2D eigenvalue weighted by Crippen LogP contribution is 2.66. The molecule has 0 amide bonds. The van der Waals surface area contributed by atoms with Crippen molar-refractivity contribution in [2.24, 2.45) is 11.3 Å². The summed E-state index contributed by atoms with van der Waals surface area (Å²) < 4.78 is 18.1. The van der Waals surface area contributed by atoms with Crippen molar-refractivity contribution in [3.05, 3.63) is 29.3 Å². The summed E-state index contributed by atoms with van der Waals surface area (Å²) in [6.07, 6.45) is 8.59. The van der Waals surface area contributed by atoms with E-state index in [4.69, 9.17) is 14.2 Å². The summed E-state index contributed by atoms with van der Waals surface area (Å²) in [4.78, 5) is 2.78. The summed E-state index contributed by atoms with van der Waals surface area (Å²) in [6, 6.07) is 6.83. The molecule has 4 nitrogen and oxygen atoms in total. The third kappa shape index (κ3) is 2.39. The van der Waals surface area contributed by atoms with E-state index < -0.39 is 0 Å². The predicted octanol–water partition coefficient (Wildman–Crippen LogP) is 3.52. The molecule has 0 aromatic heterocycles. The van der Waals surface area contributed by atoms with Gasteiger partial charge in [0.25, 0.3) is 0 Å². The number of rotatable bonds is 3. The molecule has 3 aliphatic carbocycles. The Morgan fingerprint density at radius 3 is 2.78 bits per heavy atom. The second kappa shape index (κ2) is 5.71. The number of hydrogen-bond donors (Lipinski definition) is 0. The minimum absolute atomic E-state index is 0.241. The van der Waals surface area contributed by atoms with Crippen LogP contribution in [0.2, 0.25) is 0 Å². The third-order valence-electron chi connectivity index (χ3n) is 8.34. The molecule has 2 aliphatic heterocycles. The Morgan fingerprint density at radius 2 is 2.00 bits per heavy atom. The van der Waals surface area contributed by atoms with Gasteiger partial charge in [-0.3, -0.25) is 0 Å². The van der Waals surface area contributed by atoms with Crippen LogP contribution < -0.4 is 4.74 Å². The Labute approximate surface area is 162 Å². The van der Waals surface area contributed by atoms with Gasteiger partial charge in [-0.25, -0.2) is 0 Å². The van der Waals surface area contributed by atoms with Crippen molar-refractivity contribution in [1.82, 2.24) is 4.90 Å². The quantitative estimate of drug-likeness (QED) is 0.816. The largest absolute Gasteiger partial charge is 0.497 e. The lowest BCUT2D eigenvalue weighted by atomic mass is 9.52. The normalized spacial score (nSPS) is 37.1. The van der Waals surface area contributed by atoms with Gasteiger partial charge in [0.1, 0.15) is 5.75 Å². The van der Waals surface area contributed by atoms with E-state index in [1.54, 1.807) is 18.2 Å². The molecule has 1 aromatic carbocycles. The van der Waals surface area contributed by atoms with E-state index in [0.29, 0.717) is 0 Å². The van der Waals surface area contributed by atoms with E-state index in [1.807, 2.05) is 0 Å². The first kappa shape index (κ1) is 16.8. The van der Waals surface area contributed by atoms with Crippen LogP contribution in [0.1, 0.15) is 49.7 Å². The van der Waals surface area contributed by atoms with Crippen molar-refractivity contribution in [2.75, 3.05) is 40.0 Å². The molecule has 2 saturated carbocycles. The topological polar surface area (TPSA) is 30.9 Å². The first-order chi connectivity index (χ1) is 13.2. The van der Waals surface area contributed by atoms with Crippen molar-refractivity contribution >= 4 is 0 Å². The van der Waals surface area contributed by atoms with Gasteiger partial charge < -0.3 is 19.1 Å². The zero-order valence-electron chi connectivity index (χ0n) is 16.5. The number of piperidine rings is 1. The number of nitrogens with zero attached hydrogens (tertiary/aromatic N) is 1. The van der Waals surface area contributed by atoms with Crippen molar-refractivity contribution in [1.29, 1.82) is 0 Å². The molecule has 0 N–H and O–H groups in total. The lowest BCUT2D eigenvalue weighted by molar-refractivity contribution is -0.226. The fourth-order valence-electron chi connectivity index (χ4n) is 6.89. The smallest absolute Gasteiger partial charge is 0.169 e. The molecule has 4 heteroatoms. The third-order valence-corrected chi connectivity index (χ3v) is 8.34. The minimum atomic E-state index is -0.311. The molecule has 2 atom stereocenters. The average Bonchev–Trinajstić information content (AvgIpc) is 3.31. The first-order valence-electron chi connectivity index (χ1n) is 10.8. The maximum atomic E-state index is 6.21. The molecule has 1 unspecified atom stereocenters. The van der Waals surface area contributed by atoms with Crippen LogP contribution in [-0.4, -0.2) is 50.6 Å². The number of ether oxygens (including phenoxy) is 3. The minimum Gasteiger partial charge on any atom is -0.497 e. The van der Waals surface area contributed by atoms with Crippen molar-refractivity contribution < 1.29 is 14.2 Å². The van der Waals surface area contributed by atoms with Crippen LogP contribution in [0, 0.1) is 11.3 Å². The van der Waals surface area contributed by atoms with Gasteiger partial charge in [-0.2, -0.15) is 0 Å². The summed E-state index contributed by atoms with van der Waals surface area (Å²) in [6.45, 7) is 5.27. The summed E-state index contributed by atoms with van der Waals surface area (Å²) in [5, 5.41) is 0. The van der Waals surface area contributed by atoms with Gasteiger partial charge in [0.15, 0.2) is 5.79 Å². The lowest BCUT2D eigenvalue weighted by Gasteiger charge is -2.59. The van der Waals surface area contributed by atoms with Gasteiger partial charge in [-0.05, 0) is 73.2 Å². The summed E-state index contributed by atoms with van der Waals surface area (Å²) in [5.41, 5.74) is 3.63. The average molecular weight is 370 g/mol. The second-order valence-corrected chi connectivity index (χ2v) is 9.78. The monoisotopic (exact) mass is 369 g/mol. The molecule has 2 heterocycles. The van der Waals surface area contributed by atoms with Crippen molar-refractivity contribution in [3.63, 3.8) is 0 Å². The molecular formula is C23H31NO3. The highest BCUT2D eigenvalue weighted by atomic mass is 16.7. The van der Waals surface area contributed by atoms with Gasteiger partial charge in [-0.15, -0.1) is 0 Å². The zero-order valence-corrected chi connectivity index (χ0v) is 16.5. The molecule has 27 heavy (non-hydrogen) atoms. The van der Waals surface area contributed by atoms with Crippen LogP contribution in [0.15, 0.2) is 18.2 Å². The molecule has 1 spiro atoms. The molecule has 5 aliphatic rings. The summed E-state index contributed by atoms with van der Waals surface area (Å²) >= 11 is 0. The van der Waals surface area contributed by atoms with Gasteiger partial charge >= 0.3 is 0 Å². The molecule has 4 fully saturated rings. The van der Waals surface area contributed by atoms with Crippen LogP contribution in [0.3, 0.4) is 0 Å². The molecule has 146 valence electrons. The van der Waals surface area contributed by atoms with Crippen LogP contribution in [0.25, 0.3) is 0 Å². The van der Waals surface area contributed by atoms with Gasteiger partial charge in [0.2, 0.25) is 0 Å². The summed E-state index contributed by atoms with van der Waals surface area (Å²) in [5.74, 6) is 1.65. The first-order valence-corrected chi connectivity index (χ1v) is 10.8. The Bertz CT molecular complexity index is 754. The van der Waals surface area contributed by atoms with Gasteiger partial charge in [-0.1, -0.05) is 6.07 Å². The van der Waals surface area contributed by atoms with Gasteiger partial charge in [0.05, 0.1) is 20.3 Å². The standard InChI is InChI=1S/C23H31NO3/c1-25-19-5-4-18-13-21-8-9-24(14-17-2-3-17)16-22(21,20(18)12-19)6-7-23(15-21)26-10-11-27-23/h4-5,12,17H,2-3,6-11,13-16H2,1H3/t21?,22-/m0/s1. The molecule has 0 bridgehead atoms. The van der Waals surface area contributed by atoms with Crippen LogP contribution in [0.4, 0.5) is 0 Å². The number of fused-ring (bicyclic) bond motifs is 1. The Kier molecular flexibility index (Phi) is 3.56. The van der Waals surface area contributed by atoms with Crippen LogP contribution >= 0.6 is 0 Å². The lowest BCUT2D eigenvalue weighted by Crippen LogP contribution is -2.62. The van der Waals surface area contributed by atoms with E-state index in [-0.39, 0.29) is 16.6 Å². The van der Waals surface area contributed by atoms with E-state index in [9.17, 15) is 0 Å². The zero-order chi connectivity index (χ0) is 18.1. The molecule has 0 radical (unpaired) electrons. The number of benzene rings is 1. The fourth-order valence-corrected chi connectivity index (χ4v) is 6.89. The van der Waals surface area contributed by atoms with E-state index in [1.165, 1.54) is 51.7 Å². The Balaban J connectivity index is 1.42. The molecule has 6 rings (SSSR count). The Hall–Kier alpha value is -1.10. The van der Waals surface area contributed by atoms with E-state index in [2.05, 4.69) is 23.1 Å². The van der Waals surface area contributed by atoms with E-state index >= 15 is 0 Å². The van der Waals surface area contributed by atoms with Crippen LogP contribution in [-0.2, 0) is 21.3 Å². The second-order valence-electron chi connectivity index (χ2n) is 9.78. The van der Waals surface area contributed by atoms with Crippen molar-refractivity contribution in [2.45, 2.75) is 56.1 Å². The molecule has 1 aromatic rings. The number of hydrogen-bond acceptors (Lipinski definition) is 4. The molecule has 2 saturated heterocycles. The summed E-state index contributed by atoms with van der Waals surface area (Å²) in [7, 11) is 1.79. The maximum absolute atomic E-state index is 6.21. The van der Waals surface area contributed by atoms with Crippen molar-refractivity contribution in [3.8, 4) is 5.75 Å². The SMILES string of the molecule is COc1ccc2c(c1)[C@@]13CCC4(CC1(CCN(CC1CC1)C3)C2)OCCO4. The van der Waals surface area contributed by atoms with E-state index in [0.717, 1.165) is 37.7 Å². The highest BCUT2D eigenvalue weighted by Gasteiger charge is 2.66. The number of likely N-dealkylation sites (tertiary alicyclic amines) is 1. The maximum Gasteiger partial charge on any atom is 0.169 e. The van der Waals surface area contributed by atoms with Gasteiger partial charge in [0, 0.05) is 31.3 Å². The predicted molar refractivity (Wildman–Crippen MR) is 103 cm³/mol. The molecular weight excluding hydrogens is 338 g/mol. The number of methoxy groups -OCH3 is 1. The highest BCUT2D eigenvalue weighted by molar-refractivity contribution is 5.49.